The summed E-state index contributed by atoms with van der Waals surface area (Å²) < 4.78 is 0. The third kappa shape index (κ3) is 3.73. The molecule has 1 aliphatic heterocycles. The van der Waals surface area contributed by atoms with Gasteiger partial charge < -0.3 is 10.2 Å². The van der Waals surface area contributed by atoms with E-state index in [-0.39, 0.29) is 11.8 Å². The molecule has 1 aliphatic rings. The summed E-state index contributed by atoms with van der Waals surface area (Å²) in [5.41, 5.74) is 3.89. The van der Waals surface area contributed by atoms with Crippen LogP contribution in [0.3, 0.4) is 0 Å². The number of pyridine rings is 1. The Labute approximate surface area is 167 Å². The molecule has 1 N–H and O–H groups in total. The van der Waals surface area contributed by atoms with E-state index in [2.05, 4.69) is 10.3 Å². The van der Waals surface area contributed by atoms with Crippen LogP contribution in [0.2, 0.25) is 0 Å². The summed E-state index contributed by atoms with van der Waals surface area (Å²) >= 11 is 1.59. The lowest BCUT2D eigenvalue weighted by atomic mass is 10.1. The lowest BCUT2D eigenvalue weighted by molar-refractivity contribution is -0.112. The number of hydrogen-bond acceptors (Lipinski definition) is 4. The number of carbonyl (C=O) groups excluding carboxylic acids is 2. The molecule has 6 heteroatoms. The third-order valence-electron chi connectivity index (χ3n) is 4.65. The van der Waals surface area contributed by atoms with E-state index >= 15 is 0 Å². The van der Waals surface area contributed by atoms with Crippen molar-refractivity contribution in [2.45, 2.75) is 13.3 Å². The lowest BCUT2D eigenvalue weighted by Gasteiger charge is -2.17. The summed E-state index contributed by atoms with van der Waals surface area (Å²) in [6.07, 6.45) is 5.87. The van der Waals surface area contributed by atoms with E-state index in [0.717, 1.165) is 28.2 Å². The zero-order valence-electron chi connectivity index (χ0n) is 15.4. The molecule has 0 saturated carbocycles. The molecule has 2 aromatic heterocycles. The lowest BCUT2D eigenvalue weighted by Crippen LogP contribution is -2.28. The molecule has 0 spiro atoms. The Morgan fingerprint density at radius 3 is 2.86 bits per heavy atom. The summed E-state index contributed by atoms with van der Waals surface area (Å²) in [4.78, 5) is 32.0. The Kier molecular flexibility index (Phi) is 5.04. The zero-order valence-corrected chi connectivity index (χ0v) is 16.2. The van der Waals surface area contributed by atoms with Crippen LogP contribution in [-0.2, 0) is 11.2 Å². The van der Waals surface area contributed by atoms with Gasteiger partial charge in [0.15, 0.2) is 0 Å². The van der Waals surface area contributed by atoms with Gasteiger partial charge in [0.1, 0.15) is 0 Å². The first-order valence-corrected chi connectivity index (χ1v) is 9.88. The van der Waals surface area contributed by atoms with Crippen molar-refractivity contribution >= 4 is 40.6 Å². The molecule has 140 valence electrons. The van der Waals surface area contributed by atoms with Crippen molar-refractivity contribution in [3.8, 4) is 0 Å². The average Bonchev–Trinajstić information content (AvgIpc) is 3.37. The number of nitrogens with one attached hydrogen (secondary N) is 1. The van der Waals surface area contributed by atoms with E-state index in [1.165, 1.54) is 0 Å². The standard InChI is InChI=1S/C22H19N3O2S/c1-15(12-19-5-3-11-28-19)21(26)24-18-6-7-20-16(13-18)8-10-25(20)22(27)17-4-2-9-23-14-17/h2-7,9,11-14H,8,10H2,1H3,(H,24,26)/b15-12+. The molecule has 0 atom stereocenters. The van der Waals surface area contributed by atoms with Crippen LogP contribution in [0.25, 0.3) is 6.08 Å². The largest absolute Gasteiger partial charge is 0.322 e. The molecule has 3 aromatic rings. The van der Waals surface area contributed by atoms with Gasteiger partial charge in [-0.3, -0.25) is 14.6 Å². The molecular weight excluding hydrogens is 370 g/mol. The van der Waals surface area contributed by atoms with Gasteiger partial charge in [-0.2, -0.15) is 0 Å². The van der Waals surface area contributed by atoms with Crippen LogP contribution in [0.15, 0.2) is 65.8 Å². The number of fused-ring (bicyclic) bond motifs is 1. The fourth-order valence-electron chi connectivity index (χ4n) is 3.22. The van der Waals surface area contributed by atoms with Crippen molar-refractivity contribution in [3.63, 3.8) is 0 Å². The molecule has 0 aliphatic carbocycles. The fraction of sp³-hybridized carbons (Fsp3) is 0.136. The quantitative estimate of drug-likeness (QED) is 0.673. The smallest absolute Gasteiger partial charge is 0.259 e. The first kappa shape index (κ1) is 18.1. The minimum absolute atomic E-state index is 0.0571. The Morgan fingerprint density at radius 2 is 2.11 bits per heavy atom. The van der Waals surface area contributed by atoms with Crippen molar-refractivity contribution in [2.24, 2.45) is 0 Å². The van der Waals surface area contributed by atoms with E-state index in [0.29, 0.717) is 17.7 Å². The molecule has 0 fully saturated rings. The summed E-state index contributed by atoms with van der Waals surface area (Å²) in [7, 11) is 0. The minimum atomic E-state index is -0.130. The van der Waals surface area contributed by atoms with Gasteiger partial charge in [0.25, 0.3) is 11.8 Å². The maximum atomic E-state index is 12.7. The van der Waals surface area contributed by atoms with Gasteiger partial charge in [0.05, 0.1) is 5.56 Å². The van der Waals surface area contributed by atoms with Crippen molar-refractivity contribution < 1.29 is 9.59 Å². The number of benzene rings is 1. The SMILES string of the molecule is C/C(=C\c1cccs1)C(=O)Nc1ccc2c(c1)CCN2C(=O)c1cccnc1. The Hall–Kier alpha value is -3.25. The summed E-state index contributed by atoms with van der Waals surface area (Å²) in [5.74, 6) is -0.187. The number of hydrogen-bond donors (Lipinski definition) is 1. The zero-order chi connectivity index (χ0) is 19.5. The van der Waals surface area contributed by atoms with Gasteiger partial charge in [-0.05, 0) is 66.8 Å². The molecule has 2 amide bonds. The maximum Gasteiger partial charge on any atom is 0.259 e. The van der Waals surface area contributed by atoms with Crippen molar-refractivity contribution in [1.82, 2.24) is 4.98 Å². The topological polar surface area (TPSA) is 62.3 Å². The van der Waals surface area contributed by atoms with Crippen molar-refractivity contribution in [2.75, 3.05) is 16.8 Å². The molecule has 5 nitrogen and oxygen atoms in total. The molecule has 4 rings (SSSR count). The van der Waals surface area contributed by atoms with Gasteiger partial charge in [0.2, 0.25) is 0 Å². The molecule has 3 heterocycles. The van der Waals surface area contributed by atoms with Crippen LogP contribution in [0.5, 0.6) is 0 Å². The number of nitrogens with zero attached hydrogens (tertiary/aromatic N) is 2. The van der Waals surface area contributed by atoms with Gasteiger partial charge in [-0.1, -0.05) is 6.07 Å². The number of amides is 2. The third-order valence-corrected chi connectivity index (χ3v) is 5.47. The number of thiophene rings is 1. The summed E-state index contributed by atoms with van der Waals surface area (Å²) in [6, 6.07) is 13.1. The second-order valence-corrected chi connectivity index (χ2v) is 7.57. The van der Waals surface area contributed by atoms with E-state index in [1.807, 2.05) is 41.8 Å². The molecule has 0 unspecified atom stereocenters. The van der Waals surface area contributed by atoms with Gasteiger partial charge in [-0.15, -0.1) is 11.3 Å². The first-order chi connectivity index (χ1) is 13.6. The highest BCUT2D eigenvalue weighted by atomic mass is 32.1. The molecule has 0 bridgehead atoms. The second-order valence-electron chi connectivity index (χ2n) is 6.59. The second kappa shape index (κ2) is 7.78. The van der Waals surface area contributed by atoms with Gasteiger partial charge in [-0.25, -0.2) is 0 Å². The first-order valence-electron chi connectivity index (χ1n) is 9.00. The number of aromatic nitrogens is 1. The maximum absolute atomic E-state index is 12.7. The van der Waals surface area contributed by atoms with Crippen LogP contribution in [0.4, 0.5) is 11.4 Å². The predicted molar refractivity (Wildman–Crippen MR) is 113 cm³/mol. The van der Waals surface area contributed by atoms with Crippen molar-refractivity contribution in [3.05, 3.63) is 81.8 Å². The predicted octanol–water partition coefficient (Wildman–Crippen LogP) is 4.39. The molecule has 1 aromatic carbocycles. The van der Waals surface area contributed by atoms with Crippen LogP contribution < -0.4 is 10.2 Å². The number of carbonyl (C=O) groups is 2. The van der Waals surface area contributed by atoms with E-state index in [1.54, 1.807) is 47.7 Å². The van der Waals surface area contributed by atoms with Crippen molar-refractivity contribution in [1.29, 1.82) is 0 Å². The van der Waals surface area contributed by atoms with Gasteiger partial charge >= 0.3 is 0 Å². The minimum Gasteiger partial charge on any atom is -0.322 e. The van der Waals surface area contributed by atoms with E-state index in [9.17, 15) is 9.59 Å². The Bertz CT molecular complexity index is 1040. The van der Waals surface area contributed by atoms with Crippen LogP contribution in [0.1, 0.15) is 27.7 Å². The van der Waals surface area contributed by atoms with Crippen LogP contribution >= 0.6 is 11.3 Å². The Balaban J connectivity index is 1.49. The molecule has 28 heavy (non-hydrogen) atoms. The normalized spacial score (nSPS) is 13.3. The fourth-order valence-corrected chi connectivity index (χ4v) is 3.93. The molecule has 0 radical (unpaired) electrons. The summed E-state index contributed by atoms with van der Waals surface area (Å²) in [5, 5.41) is 4.93. The average molecular weight is 389 g/mol. The number of anilines is 2. The highest BCUT2D eigenvalue weighted by molar-refractivity contribution is 7.10. The van der Waals surface area contributed by atoms with Gasteiger partial charge in [0, 0.05) is 40.8 Å². The van der Waals surface area contributed by atoms with E-state index in [4.69, 9.17) is 0 Å². The van der Waals surface area contributed by atoms with Crippen LogP contribution in [-0.4, -0.2) is 23.3 Å². The molecule has 0 saturated heterocycles. The Morgan fingerprint density at radius 1 is 1.21 bits per heavy atom. The van der Waals surface area contributed by atoms with E-state index < -0.39 is 0 Å². The highest BCUT2D eigenvalue weighted by Crippen LogP contribution is 2.31. The monoisotopic (exact) mass is 389 g/mol. The molecular formula is C22H19N3O2S. The number of rotatable bonds is 4. The summed E-state index contributed by atoms with van der Waals surface area (Å²) in [6.45, 7) is 2.43. The van der Waals surface area contributed by atoms with Crippen LogP contribution in [0, 0.1) is 0 Å². The highest BCUT2D eigenvalue weighted by Gasteiger charge is 2.26.